The first kappa shape index (κ1) is 16.4. The highest BCUT2D eigenvalue weighted by Crippen LogP contribution is 2.18. The van der Waals surface area contributed by atoms with E-state index in [0.29, 0.717) is 5.69 Å². The van der Waals surface area contributed by atoms with Crippen LogP contribution in [0.2, 0.25) is 0 Å². The Balaban J connectivity index is 1.69. The molecule has 1 amide bonds. The Morgan fingerprint density at radius 2 is 1.62 bits per heavy atom. The Morgan fingerprint density at radius 3 is 2.21 bits per heavy atom. The standard InChI is InChI=1S/C19H24N4O/c1-14-11-15(2)13-16(12-14)20-19(24)17-7-8-18(22-21-17)23-9-5-3-4-6-10-23/h7-8,11-13H,3-6,9-10H2,1-2H3,(H,20,24). The van der Waals surface area contributed by atoms with Crippen molar-refractivity contribution in [2.24, 2.45) is 0 Å². The molecule has 1 aliphatic heterocycles. The molecule has 0 unspecified atom stereocenters. The van der Waals surface area contributed by atoms with E-state index >= 15 is 0 Å². The third-order valence-electron chi connectivity index (χ3n) is 4.29. The van der Waals surface area contributed by atoms with Gasteiger partial charge in [-0.05, 0) is 62.1 Å². The molecule has 0 aliphatic carbocycles. The number of rotatable bonds is 3. The van der Waals surface area contributed by atoms with E-state index in [-0.39, 0.29) is 5.91 Å². The maximum Gasteiger partial charge on any atom is 0.276 e. The molecule has 1 fully saturated rings. The molecule has 5 heteroatoms. The first-order valence-electron chi connectivity index (χ1n) is 8.60. The SMILES string of the molecule is Cc1cc(C)cc(NC(=O)c2ccc(N3CCCCCC3)nn2)c1. The predicted molar refractivity (Wildman–Crippen MR) is 96.6 cm³/mol. The maximum atomic E-state index is 12.4. The number of anilines is 2. The molecule has 24 heavy (non-hydrogen) atoms. The zero-order chi connectivity index (χ0) is 16.9. The monoisotopic (exact) mass is 324 g/mol. The lowest BCUT2D eigenvalue weighted by atomic mass is 10.1. The lowest BCUT2D eigenvalue weighted by Gasteiger charge is -2.20. The number of aryl methyl sites for hydroxylation is 2. The fourth-order valence-corrected chi connectivity index (χ4v) is 3.16. The summed E-state index contributed by atoms with van der Waals surface area (Å²) >= 11 is 0. The number of carbonyl (C=O) groups excluding carboxylic acids is 1. The van der Waals surface area contributed by atoms with Gasteiger partial charge in [0.2, 0.25) is 0 Å². The van der Waals surface area contributed by atoms with Crippen LogP contribution in [0.15, 0.2) is 30.3 Å². The van der Waals surface area contributed by atoms with Crippen molar-refractivity contribution in [1.82, 2.24) is 10.2 Å². The Kier molecular flexibility index (Phi) is 5.08. The van der Waals surface area contributed by atoms with Crippen LogP contribution in [0.4, 0.5) is 11.5 Å². The summed E-state index contributed by atoms with van der Waals surface area (Å²) in [6.45, 7) is 6.06. The van der Waals surface area contributed by atoms with Gasteiger partial charge in [-0.2, -0.15) is 0 Å². The Labute approximate surface area is 143 Å². The molecule has 126 valence electrons. The summed E-state index contributed by atoms with van der Waals surface area (Å²) in [6.07, 6.45) is 4.94. The lowest BCUT2D eigenvalue weighted by molar-refractivity contribution is 0.102. The van der Waals surface area contributed by atoms with Gasteiger partial charge >= 0.3 is 0 Å². The van der Waals surface area contributed by atoms with Gasteiger partial charge in [0.25, 0.3) is 5.91 Å². The largest absolute Gasteiger partial charge is 0.355 e. The van der Waals surface area contributed by atoms with Crippen LogP contribution in [-0.4, -0.2) is 29.2 Å². The van der Waals surface area contributed by atoms with Crippen LogP contribution in [0.3, 0.4) is 0 Å². The molecular weight excluding hydrogens is 300 g/mol. The maximum absolute atomic E-state index is 12.4. The third-order valence-corrected chi connectivity index (χ3v) is 4.29. The van der Waals surface area contributed by atoms with Crippen molar-refractivity contribution in [3.8, 4) is 0 Å². The van der Waals surface area contributed by atoms with Gasteiger partial charge in [-0.15, -0.1) is 10.2 Å². The van der Waals surface area contributed by atoms with Crippen LogP contribution in [-0.2, 0) is 0 Å². The molecule has 1 aromatic heterocycles. The van der Waals surface area contributed by atoms with Gasteiger partial charge in [0.15, 0.2) is 11.5 Å². The van der Waals surface area contributed by atoms with E-state index in [1.807, 2.05) is 32.0 Å². The van der Waals surface area contributed by atoms with Gasteiger partial charge in [-0.25, -0.2) is 0 Å². The van der Waals surface area contributed by atoms with E-state index in [1.54, 1.807) is 6.07 Å². The minimum absolute atomic E-state index is 0.227. The molecule has 0 atom stereocenters. The molecule has 1 N–H and O–H groups in total. The quantitative estimate of drug-likeness (QED) is 0.934. The van der Waals surface area contributed by atoms with Crippen LogP contribution < -0.4 is 10.2 Å². The summed E-state index contributed by atoms with van der Waals surface area (Å²) in [5.41, 5.74) is 3.37. The van der Waals surface area contributed by atoms with Gasteiger partial charge in [-0.1, -0.05) is 18.9 Å². The smallest absolute Gasteiger partial charge is 0.276 e. The van der Waals surface area contributed by atoms with E-state index in [0.717, 1.165) is 35.7 Å². The molecule has 0 bridgehead atoms. The highest BCUT2D eigenvalue weighted by molar-refractivity contribution is 6.02. The zero-order valence-corrected chi connectivity index (χ0v) is 14.4. The molecule has 2 aromatic rings. The highest BCUT2D eigenvalue weighted by atomic mass is 16.1. The van der Waals surface area contributed by atoms with Gasteiger partial charge in [-0.3, -0.25) is 4.79 Å². The van der Waals surface area contributed by atoms with Gasteiger partial charge < -0.3 is 10.2 Å². The van der Waals surface area contributed by atoms with Crippen molar-refractivity contribution in [2.75, 3.05) is 23.3 Å². The average molecular weight is 324 g/mol. The van der Waals surface area contributed by atoms with Gasteiger partial charge in [0.1, 0.15) is 0 Å². The fraction of sp³-hybridized carbons (Fsp3) is 0.421. The summed E-state index contributed by atoms with van der Waals surface area (Å²) in [7, 11) is 0. The van der Waals surface area contributed by atoms with Crippen molar-refractivity contribution in [1.29, 1.82) is 0 Å². The fourth-order valence-electron chi connectivity index (χ4n) is 3.16. The van der Waals surface area contributed by atoms with Crippen molar-refractivity contribution in [3.63, 3.8) is 0 Å². The molecule has 1 aromatic carbocycles. The Bertz CT molecular complexity index is 684. The molecule has 3 rings (SSSR count). The molecular formula is C19H24N4O. The zero-order valence-electron chi connectivity index (χ0n) is 14.4. The number of nitrogens with one attached hydrogen (secondary N) is 1. The summed E-state index contributed by atoms with van der Waals surface area (Å²) in [4.78, 5) is 14.6. The second-order valence-corrected chi connectivity index (χ2v) is 6.51. The minimum atomic E-state index is -0.227. The third kappa shape index (κ3) is 4.10. The molecule has 0 radical (unpaired) electrons. The Morgan fingerprint density at radius 1 is 0.958 bits per heavy atom. The van der Waals surface area contributed by atoms with Crippen molar-refractivity contribution in [3.05, 3.63) is 47.2 Å². The van der Waals surface area contributed by atoms with E-state index < -0.39 is 0 Å². The van der Waals surface area contributed by atoms with E-state index in [4.69, 9.17) is 0 Å². The molecule has 2 heterocycles. The lowest BCUT2D eigenvalue weighted by Crippen LogP contribution is -2.25. The minimum Gasteiger partial charge on any atom is -0.355 e. The molecule has 1 aliphatic rings. The number of benzene rings is 1. The van der Waals surface area contributed by atoms with Crippen LogP contribution in [0.25, 0.3) is 0 Å². The van der Waals surface area contributed by atoms with E-state index in [2.05, 4.69) is 26.5 Å². The van der Waals surface area contributed by atoms with Crippen molar-refractivity contribution in [2.45, 2.75) is 39.5 Å². The first-order chi connectivity index (χ1) is 11.6. The van der Waals surface area contributed by atoms with Crippen LogP contribution in [0.5, 0.6) is 0 Å². The number of amides is 1. The summed E-state index contributed by atoms with van der Waals surface area (Å²) in [6, 6.07) is 9.62. The van der Waals surface area contributed by atoms with Crippen LogP contribution in [0, 0.1) is 13.8 Å². The topological polar surface area (TPSA) is 58.1 Å². The second kappa shape index (κ2) is 7.43. The number of hydrogen-bond donors (Lipinski definition) is 1. The van der Waals surface area contributed by atoms with Crippen LogP contribution >= 0.6 is 0 Å². The number of nitrogens with zero attached hydrogens (tertiary/aromatic N) is 3. The summed E-state index contributed by atoms with van der Waals surface area (Å²) in [5, 5.41) is 11.3. The molecule has 1 saturated heterocycles. The summed E-state index contributed by atoms with van der Waals surface area (Å²) < 4.78 is 0. The predicted octanol–water partition coefficient (Wildman–Crippen LogP) is 3.73. The first-order valence-corrected chi connectivity index (χ1v) is 8.60. The van der Waals surface area contributed by atoms with Gasteiger partial charge in [0, 0.05) is 18.8 Å². The number of carbonyl (C=O) groups is 1. The summed E-state index contributed by atoms with van der Waals surface area (Å²) in [5.74, 6) is 0.634. The Hall–Kier alpha value is -2.43. The molecule has 0 spiro atoms. The number of hydrogen-bond acceptors (Lipinski definition) is 4. The normalized spacial score (nSPS) is 15.0. The van der Waals surface area contributed by atoms with Crippen molar-refractivity contribution < 1.29 is 4.79 Å². The van der Waals surface area contributed by atoms with Gasteiger partial charge in [0.05, 0.1) is 0 Å². The van der Waals surface area contributed by atoms with E-state index in [1.165, 1.54) is 25.7 Å². The highest BCUT2D eigenvalue weighted by Gasteiger charge is 2.14. The molecule has 0 saturated carbocycles. The van der Waals surface area contributed by atoms with Crippen molar-refractivity contribution >= 4 is 17.4 Å². The van der Waals surface area contributed by atoms with Crippen LogP contribution in [0.1, 0.15) is 47.3 Å². The molecule has 5 nitrogen and oxygen atoms in total. The van der Waals surface area contributed by atoms with E-state index in [9.17, 15) is 4.79 Å². The average Bonchev–Trinajstić information content (AvgIpc) is 2.83. The number of aromatic nitrogens is 2. The second-order valence-electron chi connectivity index (χ2n) is 6.51.